The van der Waals surface area contributed by atoms with Gasteiger partial charge in [0.05, 0.1) is 0 Å². The molecule has 0 saturated carbocycles. The standard InChI is InChI=1S/C12H18N2O3S/c1-12(2,3)14-11(17)10(16)13-7-8(15)9-5-4-6-18-9/h4-6,8,15H,7H2,1-3H3,(H,13,16)(H,14,17). The minimum Gasteiger partial charge on any atom is -0.386 e. The number of hydrogen-bond donors (Lipinski definition) is 3. The summed E-state index contributed by atoms with van der Waals surface area (Å²) in [7, 11) is 0. The van der Waals surface area contributed by atoms with Gasteiger partial charge in [-0.15, -0.1) is 11.3 Å². The Balaban J connectivity index is 2.39. The monoisotopic (exact) mass is 270 g/mol. The van der Waals surface area contributed by atoms with E-state index in [1.807, 2.05) is 11.4 Å². The molecule has 1 aromatic rings. The molecule has 6 heteroatoms. The normalized spacial score (nSPS) is 12.9. The van der Waals surface area contributed by atoms with Gasteiger partial charge in [0.2, 0.25) is 0 Å². The number of amides is 2. The van der Waals surface area contributed by atoms with Crippen molar-refractivity contribution < 1.29 is 14.7 Å². The molecule has 0 bridgehead atoms. The first-order valence-corrected chi connectivity index (χ1v) is 6.49. The third kappa shape index (κ3) is 4.85. The Morgan fingerprint density at radius 1 is 1.39 bits per heavy atom. The SMILES string of the molecule is CC(C)(C)NC(=O)C(=O)NCC(O)c1cccs1. The Morgan fingerprint density at radius 2 is 2.06 bits per heavy atom. The molecule has 0 radical (unpaired) electrons. The summed E-state index contributed by atoms with van der Waals surface area (Å²) in [6.07, 6.45) is -0.781. The molecule has 0 aliphatic rings. The molecule has 1 aromatic heterocycles. The Kier molecular flexibility index (Phi) is 4.86. The van der Waals surface area contributed by atoms with Crippen molar-refractivity contribution in [3.63, 3.8) is 0 Å². The minimum atomic E-state index is -0.781. The number of nitrogens with one attached hydrogen (secondary N) is 2. The lowest BCUT2D eigenvalue weighted by Crippen LogP contribution is -2.48. The summed E-state index contributed by atoms with van der Waals surface area (Å²) >= 11 is 1.40. The molecule has 0 aliphatic carbocycles. The van der Waals surface area contributed by atoms with Gasteiger partial charge >= 0.3 is 11.8 Å². The van der Waals surface area contributed by atoms with Gasteiger partial charge in [-0.25, -0.2) is 0 Å². The van der Waals surface area contributed by atoms with Gasteiger partial charge in [0.25, 0.3) is 0 Å². The molecule has 1 unspecified atom stereocenters. The van der Waals surface area contributed by atoms with Crippen LogP contribution < -0.4 is 10.6 Å². The van der Waals surface area contributed by atoms with Crippen molar-refractivity contribution in [2.45, 2.75) is 32.4 Å². The van der Waals surface area contributed by atoms with Crippen LogP contribution in [0.25, 0.3) is 0 Å². The van der Waals surface area contributed by atoms with Crippen molar-refractivity contribution in [3.8, 4) is 0 Å². The molecule has 5 nitrogen and oxygen atoms in total. The molecule has 2 amide bonds. The third-order valence-corrected chi connectivity index (χ3v) is 3.00. The average Bonchev–Trinajstić information content (AvgIpc) is 2.76. The van der Waals surface area contributed by atoms with Crippen LogP contribution in [-0.4, -0.2) is 29.0 Å². The molecule has 0 fully saturated rings. The van der Waals surface area contributed by atoms with Crippen molar-refractivity contribution >= 4 is 23.2 Å². The van der Waals surface area contributed by atoms with Gasteiger partial charge < -0.3 is 15.7 Å². The zero-order valence-electron chi connectivity index (χ0n) is 10.7. The number of rotatable bonds is 3. The molecule has 0 aromatic carbocycles. The number of aliphatic hydroxyl groups excluding tert-OH is 1. The maximum Gasteiger partial charge on any atom is 0.309 e. The Morgan fingerprint density at radius 3 is 2.56 bits per heavy atom. The highest BCUT2D eigenvalue weighted by Gasteiger charge is 2.20. The minimum absolute atomic E-state index is 0.0247. The first kappa shape index (κ1) is 14.7. The van der Waals surface area contributed by atoms with Crippen molar-refractivity contribution in [3.05, 3.63) is 22.4 Å². The Labute approximate surface area is 110 Å². The number of carbonyl (C=O) groups excluding carboxylic acids is 2. The highest BCUT2D eigenvalue weighted by molar-refractivity contribution is 7.10. The summed E-state index contributed by atoms with van der Waals surface area (Å²) in [5, 5.41) is 16.5. The van der Waals surface area contributed by atoms with Crippen LogP contribution in [0.5, 0.6) is 0 Å². The molecule has 100 valence electrons. The van der Waals surface area contributed by atoms with Gasteiger partial charge in [-0.3, -0.25) is 9.59 Å². The van der Waals surface area contributed by atoms with Crippen LogP contribution >= 0.6 is 11.3 Å². The molecule has 0 spiro atoms. The van der Waals surface area contributed by atoms with Crippen molar-refractivity contribution in [1.82, 2.24) is 10.6 Å². The van der Waals surface area contributed by atoms with E-state index in [-0.39, 0.29) is 6.54 Å². The fraction of sp³-hybridized carbons (Fsp3) is 0.500. The average molecular weight is 270 g/mol. The summed E-state index contributed by atoms with van der Waals surface area (Å²) < 4.78 is 0. The van der Waals surface area contributed by atoms with E-state index in [2.05, 4.69) is 10.6 Å². The van der Waals surface area contributed by atoms with E-state index in [0.29, 0.717) is 0 Å². The molecule has 1 rings (SSSR count). The van der Waals surface area contributed by atoms with E-state index < -0.39 is 23.5 Å². The second-order valence-corrected chi connectivity index (χ2v) is 5.92. The fourth-order valence-corrected chi connectivity index (χ4v) is 1.96. The molecule has 1 heterocycles. The predicted octanol–water partition coefficient (Wildman–Crippen LogP) is 0.812. The molecule has 0 aliphatic heterocycles. The van der Waals surface area contributed by atoms with E-state index in [0.717, 1.165) is 4.88 Å². The van der Waals surface area contributed by atoms with Crippen LogP contribution in [0.3, 0.4) is 0 Å². The summed E-state index contributed by atoms with van der Waals surface area (Å²) in [5.74, 6) is -1.43. The first-order valence-electron chi connectivity index (χ1n) is 5.61. The zero-order chi connectivity index (χ0) is 13.8. The number of carbonyl (C=O) groups is 2. The second-order valence-electron chi connectivity index (χ2n) is 4.95. The lowest BCUT2D eigenvalue weighted by atomic mass is 10.1. The van der Waals surface area contributed by atoms with Crippen molar-refractivity contribution in [2.75, 3.05) is 6.54 Å². The quantitative estimate of drug-likeness (QED) is 0.711. The van der Waals surface area contributed by atoms with Crippen LogP contribution in [0, 0.1) is 0 Å². The predicted molar refractivity (Wildman–Crippen MR) is 70.2 cm³/mol. The molecular weight excluding hydrogens is 252 g/mol. The number of thiophene rings is 1. The van der Waals surface area contributed by atoms with Crippen LogP contribution in [0.1, 0.15) is 31.8 Å². The largest absolute Gasteiger partial charge is 0.386 e. The molecule has 3 N–H and O–H groups in total. The fourth-order valence-electron chi connectivity index (χ4n) is 1.25. The first-order chi connectivity index (χ1) is 8.29. The zero-order valence-corrected chi connectivity index (χ0v) is 11.5. The van der Waals surface area contributed by atoms with Gasteiger partial charge in [-0.1, -0.05) is 6.07 Å². The van der Waals surface area contributed by atoms with Gasteiger partial charge in [-0.2, -0.15) is 0 Å². The Hall–Kier alpha value is -1.40. The summed E-state index contributed by atoms with van der Waals surface area (Å²) in [4.78, 5) is 23.7. The summed E-state index contributed by atoms with van der Waals surface area (Å²) in [6.45, 7) is 5.40. The van der Waals surface area contributed by atoms with Gasteiger partial charge in [0.1, 0.15) is 6.10 Å². The Bertz CT molecular complexity index is 409. The molecule has 0 saturated heterocycles. The molecule has 18 heavy (non-hydrogen) atoms. The van der Waals surface area contributed by atoms with E-state index >= 15 is 0 Å². The third-order valence-electron chi connectivity index (χ3n) is 2.02. The van der Waals surface area contributed by atoms with Crippen LogP contribution in [0.4, 0.5) is 0 Å². The smallest absolute Gasteiger partial charge is 0.309 e. The van der Waals surface area contributed by atoms with Gasteiger partial charge in [-0.05, 0) is 32.2 Å². The summed E-state index contributed by atoms with van der Waals surface area (Å²) in [5.41, 5.74) is -0.458. The maximum absolute atomic E-state index is 11.5. The van der Waals surface area contributed by atoms with E-state index in [4.69, 9.17) is 0 Å². The van der Waals surface area contributed by atoms with Crippen LogP contribution in [-0.2, 0) is 9.59 Å². The van der Waals surface area contributed by atoms with Crippen molar-refractivity contribution in [1.29, 1.82) is 0 Å². The molecular formula is C12H18N2O3S. The topological polar surface area (TPSA) is 78.4 Å². The van der Waals surface area contributed by atoms with Crippen LogP contribution in [0.2, 0.25) is 0 Å². The number of aliphatic hydroxyl groups is 1. The van der Waals surface area contributed by atoms with Gasteiger partial charge in [0.15, 0.2) is 0 Å². The van der Waals surface area contributed by atoms with Gasteiger partial charge in [0, 0.05) is 17.0 Å². The van der Waals surface area contributed by atoms with Crippen molar-refractivity contribution in [2.24, 2.45) is 0 Å². The highest BCUT2D eigenvalue weighted by atomic mass is 32.1. The van der Waals surface area contributed by atoms with E-state index in [9.17, 15) is 14.7 Å². The lowest BCUT2D eigenvalue weighted by molar-refractivity contribution is -0.140. The summed E-state index contributed by atoms with van der Waals surface area (Å²) in [6, 6.07) is 3.59. The number of hydrogen-bond acceptors (Lipinski definition) is 4. The van der Waals surface area contributed by atoms with E-state index in [1.54, 1.807) is 26.8 Å². The maximum atomic E-state index is 11.5. The van der Waals surface area contributed by atoms with E-state index in [1.165, 1.54) is 11.3 Å². The second kappa shape index (κ2) is 5.97. The van der Waals surface area contributed by atoms with Crippen LogP contribution in [0.15, 0.2) is 17.5 Å². The lowest BCUT2D eigenvalue weighted by Gasteiger charge is -2.20. The molecule has 1 atom stereocenters. The highest BCUT2D eigenvalue weighted by Crippen LogP contribution is 2.17.